The number of esters is 1. The van der Waals surface area contributed by atoms with Gasteiger partial charge in [0, 0.05) is 6.08 Å². The zero-order valence-corrected chi connectivity index (χ0v) is 15.4. The summed E-state index contributed by atoms with van der Waals surface area (Å²) in [5, 5.41) is 0. The van der Waals surface area contributed by atoms with E-state index in [1.165, 1.54) is 6.08 Å². The number of hydrogen-bond acceptors (Lipinski definition) is 6. The van der Waals surface area contributed by atoms with Crippen molar-refractivity contribution in [2.45, 2.75) is 64.2 Å². The zero-order chi connectivity index (χ0) is 18.6. The summed E-state index contributed by atoms with van der Waals surface area (Å²) in [6, 6.07) is 9.95. The van der Waals surface area contributed by atoms with Crippen LogP contribution in [0.4, 0.5) is 0 Å². The summed E-state index contributed by atoms with van der Waals surface area (Å²) in [6.07, 6.45) is 2.37. The molecule has 3 rings (SSSR count). The third kappa shape index (κ3) is 4.71. The number of rotatable bonds is 7. The lowest BCUT2D eigenvalue weighted by atomic mass is 10.1. The molecule has 4 atom stereocenters. The van der Waals surface area contributed by atoms with E-state index >= 15 is 0 Å². The smallest absolute Gasteiger partial charge is 0.330 e. The van der Waals surface area contributed by atoms with Crippen LogP contribution in [-0.2, 0) is 35.1 Å². The predicted molar refractivity (Wildman–Crippen MR) is 94.1 cm³/mol. The topological polar surface area (TPSA) is 63.2 Å². The maximum absolute atomic E-state index is 11.5. The van der Waals surface area contributed by atoms with Crippen molar-refractivity contribution in [3.05, 3.63) is 48.0 Å². The molecule has 0 amide bonds. The molecular weight excluding hydrogens is 336 g/mol. The highest BCUT2D eigenvalue weighted by molar-refractivity contribution is 5.81. The van der Waals surface area contributed by atoms with Crippen molar-refractivity contribution in [2.75, 3.05) is 6.61 Å². The van der Waals surface area contributed by atoms with E-state index in [0.717, 1.165) is 5.56 Å². The average Bonchev–Trinajstić information content (AvgIpc) is 3.05. The summed E-state index contributed by atoms with van der Waals surface area (Å²) in [5.74, 6) is -1.06. The van der Waals surface area contributed by atoms with Crippen molar-refractivity contribution in [1.82, 2.24) is 0 Å². The van der Waals surface area contributed by atoms with Crippen LogP contribution in [0.3, 0.4) is 0 Å². The maximum atomic E-state index is 11.5. The summed E-state index contributed by atoms with van der Waals surface area (Å²) in [6.45, 7) is 6.31. The molecule has 0 unspecified atom stereocenters. The van der Waals surface area contributed by atoms with Crippen molar-refractivity contribution < 1.29 is 28.5 Å². The highest BCUT2D eigenvalue weighted by atomic mass is 16.8. The molecule has 0 spiro atoms. The predicted octanol–water partition coefficient (Wildman–Crippen LogP) is 2.96. The Hall–Kier alpha value is -1.73. The Morgan fingerprint density at radius 2 is 2.00 bits per heavy atom. The fourth-order valence-electron chi connectivity index (χ4n) is 3.19. The van der Waals surface area contributed by atoms with Gasteiger partial charge in [0.05, 0.1) is 19.3 Å². The van der Waals surface area contributed by atoms with Crippen molar-refractivity contribution in [1.29, 1.82) is 0 Å². The van der Waals surface area contributed by atoms with E-state index in [4.69, 9.17) is 23.7 Å². The van der Waals surface area contributed by atoms with E-state index in [2.05, 4.69) is 0 Å². The Morgan fingerprint density at radius 3 is 2.73 bits per heavy atom. The number of carbonyl (C=O) groups excluding carboxylic acids is 1. The average molecular weight is 362 g/mol. The second-order valence-electron chi connectivity index (χ2n) is 6.79. The Morgan fingerprint density at radius 1 is 1.23 bits per heavy atom. The third-order valence-corrected chi connectivity index (χ3v) is 4.28. The van der Waals surface area contributed by atoms with Gasteiger partial charge in [-0.05, 0) is 32.8 Å². The van der Waals surface area contributed by atoms with E-state index in [1.54, 1.807) is 13.0 Å². The summed E-state index contributed by atoms with van der Waals surface area (Å²) in [7, 11) is 0. The molecule has 0 saturated carbocycles. The second-order valence-corrected chi connectivity index (χ2v) is 6.79. The standard InChI is InChI=1S/C20H26O6/c1-4-22-16(21)12-8-11-15-17(23-13-14-9-6-5-7-10-14)18-19(24-15)26-20(2,3)25-18/h5-10,12,15,17-19H,4,11,13H2,1-3H3/b12-8-/t15-,17+,18-,19-/m1/s1. The second kappa shape index (κ2) is 8.31. The quantitative estimate of drug-likeness (QED) is 0.549. The van der Waals surface area contributed by atoms with Crippen LogP contribution in [0.25, 0.3) is 0 Å². The van der Waals surface area contributed by atoms with E-state index < -0.39 is 12.1 Å². The molecule has 0 N–H and O–H groups in total. The van der Waals surface area contributed by atoms with Gasteiger partial charge in [0.25, 0.3) is 0 Å². The molecule has 2 aliphatic heterocycles. The Balaban J connectivity index is 1.64. The number of ether oxygens (including phenoxy) is 5. The molecule has 2 saturated heterocycles. The summed E-state index contributed by atoms with van der Waals surface area (Å²) in [5.41, 5.74) is 1.08. The van der Waals surface area contributed by atoms with Crippen molar-refractivity contribution in [2.24, 2.45) is 0 Å². The van der Waals surface area contributed by atoms with Crippen LogP contribution >= 0.6 is 0 Å². The van der Waals surface area contributed by atoms with Crippen molar-refractivity contribution >= 4 is 5.97 Å². The fraction of sp³-hybridized carbons (Fsp3) is 0.550. The van der Waals surface area contributed by atoms with E-state index in [1.807, 2.05) is 44.2 Å². The first-order chi connectivity index (χ1) is 12.5. The Bertz CT molecular complexity index is 626. The van der Waals surface area contributed by atoms with Crippen LogP contribution in [-0.4, -0.2) is 43.0 Å². The summed E-state index contributed by atoms with van der Waals surface area (Å²) >= 11 is 0. The first kappa shape index (κ1) is 19.0. The molecule has 6 nitrogen and oxygen atoms in total. The molecule has 2 aliphatic rings. The van der Waals surface area contributed by atoms with Crippen LogP contribution in [0, 0.1) is 0 Å². The molecule has 0 aromatic heterocycles. The van der Waals surface area contributed by atoms with Gasteiger partial charge in [-0.3, -0.25) is 0 Å². The molecule has 2 heterocycles. The Kier molecular flexibility index (Phi) is 6.09. The third-order valence-electron chi connectivity index (χ3n) is 4.28. The number of benzene rings is 1. The molecule has 142 valence electrons. The van der Waals surface area contributed by atoms with E-state index in [9.17, 15) is 4.79 Å². The minimum atomic E-state index is -0.699. The minimum absolute atomic E-state index is 0.254. The van der Waals surface area contributed by atoms with Crippen LogP contribution in [0.5, 0.6) is 0 Å². The lowest BCUT2D eigenvalue weighted by Crippen LogP contribution is -2.36. The molecular formula is C20H26O6. The zero-order valence-electron chi connectivity index (χ0n) is 15.4. The molecule has 26 heavy (non-hydrogen) atoms. The lowest BCUT2D eigenvalue weighted by molar-refractivity contribution is -0.218. The monoisotopic (exact) mass is 362 g/mol. The Labute approximate surface area is 154 Å². The fourth-order valence-corrected chi connectivity index (χ4v) is 3.19. The van der Waals surface area contributed by atoms with Gasteiger partial charge < -0.3 is 23.7 Å². The SMILES string of the molecule is CCOC(=O)/C=C\C[C@H]1O[C@@H]2OC(C)(C)O[C@@H]2[C@H]1OCc1ccccc1. The van der Waals surface area contributed by atoms with Crippen molar-refractivity contribution in [3.8, 4) is 0 Å². The van der Waals surface area contributed by atoms with Gasteiger partial charge in [0.1, 0.15) is 12.2 Å². The first-order valence-corrected chi connectivity index (χ1v) is 8.98. The lowest BCUT2D eigenvalue weighted by Gasteiger charge is -2.25. The molecule has 0 radical (unpaired) electrons. The van der Waals surface area contributed by atoms with E-state index in [-0.39, 0.29) is 24.3 Å². The van der Waals surface area contributed by atoms with Crippen LogP contribution in [0.2, 0.25) is 0 Å². The maximum Gasteiger partial charge on any atom is 0.330 e. The molecule has 1 aromatic rings. The van der Waals surface area contributed by atoms with Crippen LogP contribution in [0.15, 0.2) is 42.5 Å². The van der Waals surface area contributed by atoms with Crippen molar-refractivity contribution in [3.63, 3.8) is 0 Å². The highest BCUT2D eigenvalue weighted by Gasteiger charge is 2.54. The first-order valence-electron chi connectivity index (χ1n) is 8.98. The molecule has 0 aliphatic carbocycles. The summed E-state index contributed by atoms with van der Waals surface area (Å²) < 4.78 is 28.8. The van der Waals surface area contributed by atoms with Gasteiger partial charge in [0.15, 0.2) is 12.1 Å². The normalized spacial score (nSPS) is 29.8. The number of fused-ring (bicyclic) bond motifs is 1. The molecule has 6 heteroatoms. The number of hydrogen-bond donors (Lipinski definition) is 0. The number of carbonyl (C=O) groups is 1. The van der Waals surface area contributed by atoms with Gasteiger partial charge in [-0.15, -0.1) is 0 Å². The minimum Gasteiger partial charge on any atom is -0.463 e. The van der Waals surface area contributed by atoms with Crippen LogP contribution in [0.1, 0.15) is 32.8 Å². The van der Waals surface area contributed by atoms with Crippen LogP contribution < -0.4 is 0 Å². The molecule has 2 fully saturated rings. The van der Waals surface area contributed by atoms with Gasteiger partial charge >= 0.3 is 5.97 Å². The van der Waals surface area contributed by atoms with Gasteiger partial charge in [0.2, 0.25) is 0 Å². The van der Waals surface area contributed by atoms with Gasteiger partial charge in [-0.1, -0.05) is 36.4 Å². The van der Waals surface area contributed by atoms with E-state index in [0.29, 0.717) is 19.6 Å². The molecule has 1 aromatic carbocycles. The summed E-state index contributed by atoms with van der Waals surface area (Å²) in [4.78, 5) is 11.5. The van der Waals surface area contributed by atoms with Gasteiger partial charge in [-0.25, -0.2) is 4.79 Å². The molecule has 0 bridgehead atoms. The highest BCUT2D eigenvalue weighted by Crippen LogP contribution is 2.40. The largest absolute Gasteiger partial charge is 0.463 e. The van der Waals surface area contributed by atoms with Gasteiger partial charge in [-0.2, -0.15) is 0 Å².